The molecule has 0 aliphatic heterocycles. The molecule has 5 heteroatoms. The van der Waals surface area contributed by atoms with Crippen LogP contribution < -0.4 is 11.2 Å². The fourth-order valence-electron chi connectivity index (χ4n) is 2.80. The molecule has 0 fully saturated rings. The average Bonchev–Trinajstić information content (AvgIpc) is 2.93. The third-order valence-corrected chi connectivity index (χ3v) is 3.84. The normalized spacial score (nSPS) is 22.0. The van der Waals surface area contributed by atoms with Gasteiger partial charge in [0.15, 0.2) is 0 Å². The van der Waals surface area contributed by atoms with Gasteiger partial charge in [0.25, 0.3) is 0 Å². The number of allylic oxidation sites excluding steroid dienone is 1. The third-order valence-electron chi connectivity index (χ3n) is 3.84. The molecule has 2 aromatic carbocycles. The summed E-state index contributed by atoms with van der Waals surface area (Å²) in [6.07, 6.45) is 2.06. The van der Waals surface area contributed by atoms with Crippen LogP contribution in [-0.2, 0) is 5.60 Å². The topological polar surface area (TPSA) is 87.7 Å². The van der Waals surface area contributed by atoms with Crippen molar-refractivity contribution in [3.8, 4) is 0 Å². The van der Waals surface area contributed by atoms with Crippen molar-refractivity contribution in [2.45, 2.75) is 12.0 Å². The molecule has 5 nitrogen and oxygen atoms in total. The molecular weight excluding hydrogens is 290 g/mol. The molecule has 1 atom stereocenters. The van der Waals surface area contributed by atoms with E-state index in [0.29, 0.717) is 5.71 Å². The van der Waals surface area contributed by atoms with E-state index in [4.69, 9.17) is 5.73 Å². The molecule has 0 heterocycles. The second-order valence-electron chi connectivity index (χ2n) is 5.41. The molecule has 0 saturated heterocycles. The van der Waals surface area contributed by atoms with Crippen molar-refractivity contribution in [3.63, 3.8) is 0 Å². The smallest absolute Gasteiger partial charge is 0.332 e. The predicted octanol–water partition coefficient (Wildman–Crippen LogP) is 2.39. The van der Waals surface area contributed by atoms with Crippen molar-refractivity contribution in [1.82, 2.24) is 5.43 Å². The Morgan fingerprint density at radius 2 is 1.70 bits per heavy atom. The second kappa shape index (κ2) is 6.06. The van der Waals surface area contributed by atoms with Gasteiger partial charge < -0.3 is 10.8 Å². The van der Waals surface area contributed by atoms with Gasteiger partial charge in [0.2, 0.25) is 0 Å². The van der Waals surface area contributed by atoms with E-state index in [2.05, 4.69) is 10.5 Å². The maximum atomic E-state index is 11.3. The van der Waals surface area contributed by atoms with Crippen LogP contribution in [0.3, 0.4) is 0 Å². The molecule has 1 aliphatic carbocycles. The van der Waals surface area contributed by atoms with Crippen molar-refractivity contribution in [3.05, 3.63) is 77.9 Å². The van der Waals surface area contributed by atoms with Crippen LogP contribution in [0.4, 0.5) is 4.79 Å². The standard InChI is InChI=1S/C18H17N3O2/c19-17(22)21-20-15-11-16(13-7-3-1-4-8-13)18(23,12-15)14-9-5-2-6-10-14/h1-11,23H,12H2,(H3,19,21,22)/b20-15+. The molecule has 4 N–H and O–H groups in total. The number of nitrogens with zero attached hydrogens (tertiary/aromatic N) is 1. The van der Waals surface area contributed by atoms with E-state index in [0.717, 1.165) is 16.7 Å². The largest absolute Gasteiger partial charge is 0.380 e. The lowest BCUT2D eigenvalue weighted by molar-refractivity contribution is 0.113. The van der Waals surface area contributed by atoms with Crippen LogP contribution in [0.5, 0.6) is 0 Å². The van der Waals surface area contributed by atoms with Crippen molar-refractivity contribution in [1.29, 1.82) is 0 Å². The first kappa shape index (κ1) is 15.0. The fourth-order valence-corrected chi connectivity index (χ4v) is 2.80. The van der Waals surface area contributed by atoms with Crippen LogP contribution in [0, 0.1) is 0 Å². The molecule has 0 bridgehead atoms. The number of carbonyl (C=O) groups is 1. The Kier molecular flexibility index (Phi) is 3.95. The molecule has 2 aromatic rings. The van der Waals surface area contributed by atoms with Crippen LogP contribution >= 0.6 is 0 Å². The minimum absolute atomic E-state index is 0.265. The number of urea groups is 1. The maximum Gasteiger partial charge on any atom is 0.332 e. The Hall–Kier alpha value is -2.92. The lowest BCUT2D eigenvalue weighted by atomic mass is 9.84. The Morgan fingerprint density at radius 3 is 2.30 bits per heavy atom. The summed E-state index contributed by atoms with van der Waals surface area (Å²) in [5.74, 6) is 0. The highest BCUT2D eigenvalue weighted by molar-refractivity contribution is 6.08. The van der Waals surface area contributed by atoms with Crippen molar-refractivity contribution in [2.24, 2.45) is 10.8 Å². The first-order valence-electron chi connectivity index (χ1n) is 7.27. The summed E-state index contributed by atoms with van der Waals surface area (Å²) in [7, 11) is 0. The van der Waals surface area contributed by atoms with Gasteiger partial charge >= 0.3 is 6.03 Å². The Balaban J connectivity index is 2.07. The third kappa shape index (κ3) is 3.00. The van der Waals surface area contributed by atoms with E-state index >= 15 is 0 Å². The molecule has 0 saturated carbocycles. The number of nitrogens with two attached hydrogens (primary N) is 1. The molecule has 1 unspecified atom stereocenters. The second-order valence-corrected chi connectivity index (χ2v) is 5.41. The highest BCUT2D eigenvalue weighted by Crippen LogP contribution is 2.43. The summed E-state index contributed by atoms with van der Waals surface area (Å²) in [6, 6.07) is 18.3. The molecule has 0 spiro atoms. The molecule has 1 aliphatic rings. The van der Waals surface area contributed by atoms with E-state index in [1.807, 2.05) is 60.7 Å². The van der Waals surface area contributed by atoms with Gasteiger partial charge in [-0.1, -0.05) is 60.7 Å². The quantitative estimate of drug-likeness (QED) is 0.760. The molecule has 3 rings (SSSR count). The van der Waals surface area contributed by atoms with Gasteiger partial charge in [-0.05, 0) is 22.8 Å². The zero-order chi connectivity index (χ0) is 16.3. The first-order chi connectivity index (χ1) is 11.1. The average molecular weight is 307 g/mol. The first-order valence-corrected chi connectivity index (χ1v) is 7.27. The van der Waals surface area contributed by atoms with Crippen molar-refractivity contribution < 1.29 is 9.90 Å². The fraction of sp³-hybridized carbons (Fsp3) is 0.111. The molecule has 116 valence electrons. The SMILES string of the molecule is NC(=O)N/N=C1\C=C(c2ccccc2)C(O)(c2ccccc2)C1. The van der Waals surface area contributed by atoms with Gasteiger partial charge in [0.05, 0.1) is 5.71 Å². The van der Waals surface area contributed by atoms with Gasteiger partial charge in [-0.25, -0.2) is 10.2 Å². The monoisotopic (exact) mass is 307 g/mol. The molecule has 2 amide bonds. The van der Waals surface area contributed by atoms with E-state index < -0.39 is 11.6 Å². The number of rotatable bonds is 3. The summed E-state index contributed by atoms with van der Waals surface area (Å²) >= 11 is 0. The number of primary amides is 1. The lowest BCUT2D eigenvalue weighted by Gasteiger charge is -2.27. The number of hydrogen-bond donors (Lipinski definition) is 3. The van der Waals surface area contributed by atoms with Crippen LogP contribution in [0.1, 0.15) is 17.5 Å². The highest BCUT2D eigenvalue weighted by Gasteiger charge is 2.40. The maximum absolute atomic E-state index is 11.3. The van der Waals surface area contributed by atoms with Gasteiger partial charge in [0.1, 0.15) is 5.60 Å². The Morgan fingerprint density at radius 1 is 1.09 bits per heavy atom. The lowest BCUT2D eigenvalue weighted by Crippen LogP contribution is -2.27. The van der Waals surface area contributed by atoms with E-state index in [1.54, 1.807) is 6.08 Å². The molecule has 23 heavy (non-hydrogen) atoms. The van der Waals surface area contributed by atoms with Crippen LogP contribution in [-0.4, -0.2) is 16.8 Å². The summed E-state index contributed by atoms with van der Waals surface area (Å²) in [5, 5.41) is 15.3. The number of aliphatic hydroxyl groups is 1. The minimum atomic E-state index is -1.19. The number of nitrogens with one attached hydrogen (secondary N) is 1. The van der Waals surface area contributed by atoms with E-state index in [-0.39, 0.29) is 6.42 Å². The minimum Gasteiger partial charge on any atom is -0.380 e. The van der Waals surface area contributed by atoms with E-state index in [9.17, 15) is 9.90 Å². The molecular formula is C18H17N3O2. The summed E-state index contributed by atoms with van der Waals surface area (Å²) in [5.41, 5.74) is 9.07. The van der Waals surface area contributed by atoms with Crippen LogP contribution in [0.15, 0.2) is 71.8 Å². The predicted molar refractivity (Wildman–Crippen MR) is 89.5 cm³/mol. The molecule has 0 aromatic heterocycles. The zero-order valence-electron chi connectivity index (χ0n) is 12.4. The number of benzene rings is 2. The number of amides is 2. The summed E-state index contributed by atoms with van der Waals surface area (Å²) in [4.78, 5) is 10.9. The zero-order valence-corrected chi connectivity index (χ0v) is 12.4. The Bertz CT molecular complexity index is 769. The van der Waals surface area contributed by atoms with Crippen molar-refractivity contribution in [2.75, 3.05) is 0 Å². The van der Waals surface area contributed by atoms with Gasteiger partial charge in [0, 0.05) is 6.42 Å². The molecule has 0 radical (unpaired) electrons. The summed E-state index contributed by atoms with van der Waals surface area (Å²) in [6.45, 7) is 0. The van der Waals surface area contributed by atoms with Crippen molar-refractivity contribution >= 4 is 17.3 Å². The highest BCUT2D eigenvalue weighted by atomic mass is 16.3. The van der Waals surface area contributed by atoms with Gasteiger partial charge in [-0.3, -0.25) is 0 Å². The van der Waals surface area contributed by atoms with Crippen LogP contribution in [0.2, 0.25) is 0 Å². The number of carbonyl (C=O) groups excluding carboxylic acids is 1. The number of hydrogen-bond acceptors (Lipinski definition) is 3. The van der Waals surface area contributed by atoms with Gasteiger partial charge in [-0.15, -0.1) is 0 Å². The van der Waals surface area contributed by atoms with Gasteiger partial charge in [-0.2, -0.15) is 5.10 Å². The van der Waals surface area contributed by atoms with E-state index in [1.165, 1.54) is 0 Å². The number of hydrazone groups is 1. The Labute approximate surface area is 134 Å². The van der Waals surface area contributed by atoms with Crippen LogP contribution in [0.25, 0.3) is 5.57 Å². The summed E-state index contributed by atoms with van der Waals surface area (Å²) < 4.78 is 0.